The van der Waals surface area contributed by atoms with E-state index >= 15 is 0 Å². The maximum atomic E-state index is 12.2. The molecule has 2 N–H and O–H groups in total. The summed E-state index contributed by atoms with van der Waals surface area (Å²) in [6.07, 6.45) is 26.3. The Hall–Kier alpha value is -3.94. The number of esters is 2. The first-order valence-corrected chi connectivity index (χ1v) is 23.7. The predicted octanol–water partition coefficient (Wildman–Crippen LogP) is 12.2. The molecule has 2 fully saturated rings. The number of aliphatic hydroxyl groups is 2. The summed E-state index contributed by atoms with van der Waals surface area (Å²) in [6, 6.07) is 11.5. The van der Waals surface area contributed by atoms with Gasteiger partial charge in [-0.2, -0.15) is 0 Å². The number of hydrogen-bond donors (Lipinski definition) is 2. The van der Waals surface area contributed by atoms with Crippen LogP contribution in [0.15, 0.2) is 72.9 Å². The summed E-state index contributed by atoms with van der Waals surface area (Å²) in [5.41, 5.74) is 8.46. The number of hydrogen-bond acceptors (Lipinski definition) is 7. The van der Waals surface area contributed by atoms with Gasteiger partial charge in [0.05, 0.1) is 33.0 Å². The quantitative estimate of drug-likeness (QED) is 0.0553. The van der Waals surface area contributed by atoms with Gasteiger partial charge in [0, 0.05) is 16.6 Å². The van der Waals surface area contributed by atoms with Gasteiger partial charge < -0.3 is 24.4 Å². The average Bonchev–Trinajstić information content (AvgIpc) is 4.13. The third-order valence-corrected chi connectivity index (χ3v) is 13.5. The van der Waals surface area contributed by atoms with Crippen molar-refractivity contribution in [2.75, 3.05) is 33.0 Å². The Morgan fingerprint density at radius 1 is 0.754 bits per heavy atom. The molecule has 3 aliphatic rings. The molecule has 1 unspecified atom stereocenters. The Kier molecular flexibility index (Phi) is 19.0. The number of carbonyl (C=O) groups excluding carboxylic acids is 2. The first-order valence-electron chi connectivity index (χ1n) is 23.7. The van der Waals surface area contributed by atoms with Crippen molar-refractivity contribution in [2.45, 2.75) is 149 Å². The molecule has 0 spiro atoms. The fourth-order valence-electron chi connectivity index (χ4n) is 9.49. The van der Waals surface area contributed by atoms with Crippen LogP contribution in [0.5, 0.6) is 5.75 Å². The van der Waals surface area contributed by atoms with Crippen molar-refractivity contribution in [3.63, 3.8) is 0 Å². The van der Waals surface area contributed by atoms with E-state index in [0.29, 0.717) is 68.1 Å². The molecule has 0 saturated heterocycles. The zero-order valence-corrected chi connectivity index (χ0v) is 38.0. The fourth-order valence-corrected chi connectivity index (χ4v) is 9.49. The van der Waals surface area contributed by atoms with Gasteiger partial charge in [-0.15, -0.1) is 0 Å². The average molecular weight is 837 g/mol. The molecule has 7 heteroatoms. The summed E-state index contributed by atoms with van der Waals surface area (Å²) < 4.78 is 17.7. The van der Waals surface area contributed by atoms with E-state index in [0.717, 1.165) is 47.1 Å². The topological polar surface area (TPSA) is 102 Å². The van der Waals surface area contributed by atoms with Gasteiger partial charge in [0.2, 0.25) is 0 Å². The molecular formula is C54H76O7. The largest absolute Gasteiger partial charge is 0.493 e. The van der Waals surface area contributed by atoms with Crippen LogP contribution in [0.1, 0.15) is 159 Å². The van der Waals surface area contributed by atoms with E-state index in [4.69, 9.17) is 14.2 Å². The molecular weight excluding hydrogens is 761 g/mol. The van der Waals surface area contributed by atoms with E-state index in [2.05, 4.69) is 75.6 Å². The highest BCUT2D eigenvalue weighted by Crippen LogP contribution is 2.47. The van der Waals surface area contributed by atoms with E-state index in [-0.39, 0.29) is 26.4 Å². The van der Waals surface area contributed by atoms with Gasteiger partial charge in [0.25, 0.3) is 0 Å². The highest BCUT2D eigenvalue weighted by molar-refractivity contribution is 5.87. The minimum absolute atomic E-state index is 0.116. The van der Waals surface area contributed by atoms with Crippen molar-refractivity contribution in [1.29, 1.82) is 0 Å². The Balaban J connectivity index is 1.42. The zero-order chi connectivity index (χ0) is 43.8. The number of aryl methyl sites for hydroxylation is 2. The van der Waals surface area contributed by atoms with Crippen LogP contribution < -0.4 is 4.74 Å². The van der Waals surface area contributed by atoms with Crippen LogP contribution in [-0.4, -0.2) is 55.2 Å². The molecule has 5 rings (SSSR count). The third-order valence-electron chi connectivity index (χ3n) is 13.5. The van der Waals surface area contributed by atoms with Crippen molar-refractivity contribution < 1.29 is 34.0 Å². The van der Waals surface area contributed by atoms with Crippen molar-refractivity contribution in [3.8, 4) is 16.9 Å². The standard InChI is InChI=1S/C54H76O7/c1-7-9-10-13-40-16-18-41(19-17-40)42-20-22-43(23-21-42)45-26-27-49(50(35-45)44-24-25-44)48-33-46(14-11-30-60-52(57)38(3)4)51(59-32-29-54(36-55,37-56)28-8-2)47(34-48)15-12-31-61-53(58)39(5)6/h20,22-23,26-27,33-35,40-42,44,55-56H,3,5,7-19,21,24-25,28-32,36-37H2,1-2,4,6H3. The zero-order valence-electron chi connectivity index (χ0n) is 38.0. The lowest BCUT2D eigenvalue weighted by atomic mass is 9.72. The van der Waals surface area contributed by atoms with Gasteiger partial charge in [-0.1, -0.05) is 108 Å². The normalized spacial score (nSPS) is 19.0. The summed E-state index contributed by atoms with van der Waals surface area (Å²) in [4.78, 5) is 24.5. The summed E-state index contributed by atoms with van der Waals surface area (Å²) >= 11 is 0. The van der Waals surface area contributed by atoms with Crippen molar-refractivity contribution in [3.05, 3.63) is 95.1 Å². The molecule has 334 valence electrons. The summed E-state index contributed by atoms with van der Waals surface area (Å²) in [5, 5.41) is 20.6. The van der Waals surface area contributed by atoms with Gasteiger partial charge in [-0.25, -0.2) is 9.59 Å². The van der Waals surface area contributed by atoms with Crippen LogP contribution in [0.4, 0.5) is 0 Å². The first kappa shape index (κ1) is 48.1. The number of carbonyl (C=O) groups is 2. The number of aliphatic hydroxyl groups excluding tert-OH is 2. The molecule has 0 amide bonds. The lowest BCUT2D eigenvalue weighted by Crippen LogP contribution is -2.31. The van der Waals surface area contributed by atoms with Crippen LogP contribution in [0.3, 0.4) is 0 Å². The summed E-state index contributed by atoms with van der Waals surface area (Å²) in [7, 11) is 0. The van der Waals surface area contributed by atoms with E-state index in [9.17, 15) is 19.8 Å². The SMILES string of the molecule is C=C(C)C(=O)OCCCc1cc(-c2ccc(C3=CCC(C4CCC(CCCCC)CC4)C=C3)cc2C2CC2)cc(CCCOC(=O)C(=C)C)c1OCCC(CO)(CO)CCC. The summed E-state index contributed by atoms with van der Waals surface area (Å²) in [5.74, 6) is 2.86. The Labute approximate surface area is 367 Å². The van der Waals surface area contributed by atoms with Crippen LogP contribution in [0.25, 0.3) is 16.7 Å². The van der Waals surface area contributed by atoms with Crippen LogP contribution in [-0.2, 0) is 31.9 Å². The molecule has 61 heavy (non-hydrogen) atoms. The van der Waals surface area contributed by atoms with Gasteiger partial charge in [0.15, 0.2) is 0 Å². The van der Waals surface area contributed by atoms with Crippen LogP contribution in [0.2, 0.25) is 0 Å². The van der Waals surface area contributed by atoms with Gasteiger partial charge in [-0.05, 0) is 159 Å². The molecule has 2 saturated carbocycles. The number of benzene rings is 2. The van der Waals surface area contributed by atoms with Crippen molar-refractivity contribution in [1.82, 2.24) is 0 Å². The molecule has 0 heterocycles. The van der Waals surface area contributed by atoms with E-state index < -0.39 is 17.4 Å². The minimum Gasteiger partial charge on any atom is -0.493 e. The second kappa shape index (κ2) is 24.1. The molecule has 2 aromatic carbocycles. The first-order chi connectivity index (χ1) is 29.5. The van der Waals surface area contributed by atoms with Crippen LogP contribution in [0, 0.1) is 23.2 Å². The highest BCUT2D eigenvalue weighted by atomic mass is 16.5. The van der Waals surface area contributed by atoms with Gasteiger partial charge >= 0.3 is 11.9 Å². The maximum absolute atomic E-state index is 12.2. The molecule has 0 radical (unpaired) electrons. The molecule has 0 aromatic heterocycles. The minimum atomic E-state index is -0.625. The predicted molar refractivity (Wildman–Crippen MR) is 248 cm³/mol. The number of allylic oxidation sites excluding steroid dienone is 4. The molecule has 2 aromatic rings. The molecule has 0 aliphatic heterocycles. The van der Waals surface area contributed by atoms with Gasteiger partial charge in [0.1, 0.15) is 5.75 Å². The molecule has 1 atom stereocenters. The molecule has 3 aliphatic carbocycles. The smallest absolute Gasteiger partial charge is 0.333 e. The highest BCUT2D eigenvalue weighted by Gasteiger charge is 2.31. The second-order valence-electron chi connectivity index (χ2n) is 18.6. The van der Waals surface area contributed by atoms with Gasteiger partial charge in [-0.3, -0.25) is 0 Å². The number of rotatable bonds is 26. The maximum Gasteiger partial charge on any atom is 0.333 e. The number of unbranched alkanes of at least 4 members (excludes halogenated alkanes) is 2. The van der Waals surface area contributed by atoms with E-state index in [1.54, 1.807) is 13.8 Å². The Morgan fingerprint density at radius 2 is 1.39 bits per heavy atom. The lowest BCUT2D eigenvalue weighted by molar-refractivity contribution is -0.139. The monoisotopic (exact) mass is 837 g/mol. The van der Waals surface area contributed by atoms with Crippen molar-refractivity contribution in [2.24, 2.45) is 23.2 Å². The molecule has 0 bridgehead atoms. The summed E-state index contributed by atoms with van der Waals surface area (Å²) in [6.45, 7) is 15.7. The Bertz CT molecular complexity index is 1780. The Morgan fingerprint density at radius 3 is 1.92 bits per heavy atom. The van der Waals surface area contributed by atoms with Crippen molar-refractivity contribution >= 4 is 17.5 Å². The van der Waals surface area contributed by atoms with E-state index in [1.807, 2.05) is 0 Å². The third kappa shape index (κ3) is 14.0. The fraction of sp³-hybridized carbons (Fsp3) is 0.593. The second-order valence-corrected chi connectivity index (χ2v) is 18.6. The van der Waals surface area contributed by atoms with E-state index in [1.165, 1.54) is 86.5 Å². The van der Waals surface area contributed by atoms with Crippen LogP contribution >= 0.6 is 0 Å². The molecule has 7 nitrogen and oxygen atoms in total. The lowest BCUT2D eigenvalue weighted by Gasteiger charge is -2.33. The number of ether oxygens (including phenoxy) is 3.